The van der Waals surface area contributed by atoms with Gasteiger partial charge in [0.1, 0.15) is 33.5 Å². The maximum absolute atomic E-state index is 6.51. The third-order valence-corrected chi connectivity index (χ3v) is 11.3. The van der Waals surface area contributed by atoms with Gasteiger partial charge in [-0.25, -0.2) is 0 Å². The fourth-order valence-corrected chi connectivity index (χ4v) is 8.63. The monoisotopic (exact) mass is 717 g/mol. The minimum atomic E-state index is 0.863. The lowest BCUT2D eigenvalue weighted by atomic mass is 9.98. The Morgan fingerprint density at radius 1 is 0.304 bits per heavy atom. The maximum Gasteiger partial charge on any atom is 0.143 e. The molecule has 0 saturated heterocycles. The van der Waals surface area contributed by atoms with Crippen LogP contribution in [0.2, 0.25) is 0 Å². The van der Waals surface area contributed by atoms with E-state index < -0.39 is 0 Å². The third-order valence-electron chi connectivity index (χ3n) is 11.3. The van der Waals surface area contributed by atoms with Gasteiger partial charge in [-0.05, 0) is 83.2 Å². The highest BCUT2D eigenvalue weighted by atomic mass is 16.3. The van der Waals surface area contributed by atoms with E-state index in [0.717, 1.165) is 111 Å². The number of benzene rings is 9. The molecule has 9 aromatic carbocycles. The van der Waals surface area contributed by atoms with Gasteiger partial charge in [-0.2, -0.15) is 0 Å². The standard InChI is InChI=1S/C52H31NO3/c1-2-12-38-32(10-1)22-27-43-44-30-34(23-28-50(44)56-52(38)43)37-11-3-6-17-46(37)53(36-26-29-49-45(31-36)41-14-5-7-18-47(41)54-49)35-24-20-33(21-25-35)39-15-9-16-42-40-13-4-8-19-48(40)55-51(39)42/h1-31H. The van der Waals surface area contributed by atoms with Crippen LogP contribution in [0.4, 0.5) is 17.1 Å². The molecule has 0 amide bonds. The van der Waals surface area contributed by atoms with Crippen LogP contribution < -0.4 is 4.90 Å². The van der Waals surface area contributed by atoms with Crippen LogP contribution in [0.3, 0.4) is 0 Å². The highest BCUT2D eigenvalue weighted by Gasteiger charge is 2.21. The lowest BCUT2D eigenvalue weighted by Crippen LogP contribution is -2.11. The summed E-state index contributed by atoms with van der Waals surface area (Å²) in [7, 11) is 0. The average Bonchev–Trinajstić information content (AvgIpc) is 3.95. The van der Waals surface area contributed by atoms with Crippen LogP contribution >= 0.6 is 0 Å². The van der Waals surface area contributed by atoms with Crippen LogP contribution in [0.25, 0.3) is 98.8 Å². The van der Waals surface area contributed by atoms with Gasteiger partial charge in [-0.1, -0.05) is 121 Å². The van der Waals surface area contributed by atoms with Crippen molar-refractivity contribution in [2.45, 2.75) is 0 Å². The first-order chi connectivity index (χ1) is 27.7. The Morgan fingerprint density at radius 3 is 1.75 bits per heavy atom. The summed E-state index contributed by atoms with van der Waals surface area (Å²) in [6.07, 6.45) is 0. The van der Waals surface area contributed by atoms with E-state index in [1.807, 2.05) is 24.3 Å². The van der Waals surface area contributed by atoms with Gasteiger partial charge < -0.3 is 18.2 Å². The SMILES string of the molecule is c1ccc(N(c2ccc(-c3cccc4c3oc3ccccc34)cc2)c2ccc3oc4ccccc4c3c2)c(-c2ccc3oc4c5ccccc5ccc4c3c2)c1. The van der Waals surface area contributed by atoms with Gasteiger partial charge in [0.2, 0.25) is 0 Å². The minimum Gasteiger partial charge on any atom is -0.456 e. The molecule has 0 aliphatic heterocycles. The summed E-state index contributed by atoms with van der Waals surface area (Å²) in [4.78, 5) is 2.35. The highest BCUT2D eigenvalue weighted by molar-refractivity contribution is 6.16. The molecular formula is C52H31NO3. The van der Waals surface area contributed by atoms with Crippen LogP contribution in [-0.4, -0.2) is 0 Å². The lowest BCUT2D eigenvalue weighted by molar-refractivity contribution is 0.669. The number of anilines is 3. The number of hydrogen-bond donors (Lipinski definition) is 0. The summed E-state index contributed by atoms with van der Waals surface area (Å²) in [6.45, 7) is 0. The molecule has 0 fully saturated rings. The van der Waals surface area contributed by atoms with E-state index in [2.05, 4.69) is 169 Å². The molecule has 3 aromatic heterocycles. The maximum atomic E-state index is 6.51. The lowest BCUT2D eigenvalue weighted by Gasteiger charge is -2.28. The van der Waals surface area contributed by atoms with E-state index in [1.165, 1.54) is 5.39 Å². The fraction of sp³-hybridized carbons (Fsp3) is 0. The molecule has 0 unspecified atom stereocenters. The Balaban J connectivity index is 1.04. The van der Waals surface area contributed by atoms with Crippen molar-refractivity contribution in [3.05, 3.63) is 188 Å². The van der Waals surface area contributed by atoms with Crippen LogP contribution in [0.5, 0.6) is 0 Å². The fourth-order valence-electron chi connectivity index (χ4n) is 8.63. The summed E-state index contributed by atoms with van der Waals surface area (Å²) < 4.78 is 19.2. The molecule has 0 radical (unpaired) electrons. The number of nitrogens with zero attached hydrogens (tertiary/aromatic N) is 1. The first-order valence-corrected chi connectivity index (χ1v) is 18.9. The van der Waals surface area contributed by atoms with Gasteiger partial charge in [0.15, 0.2) is 0 Å². The smallest absolute Gasteiger partial charge is 0.143 e. The second-order valence-electron chi connectivity index (χ2n) is 14.4. The molecule has 12 aromatic rings. The molecule has 4 nitrogen and oxygen atoms in total. The molecular weight excluding hydrogens is 687 g/mol. The van der Waals surface area contributed by atoms with Gasteiger partial charge in [0.05, 0.1) is 5.69 Å². The molecule has 0 N–H and O–H groups in total. The molecule has 0 bridgehead atoms. The predicted octanol–water partition coefficient (Wildman–Crippen LogP) is 15.3. The van der Waals surface area contributed by atoms with E-state index in [4.69, 9.17) is 13.3 Å². The van der Waals surface area contributed by atoms with Gasteiger partial charge in [-0.3, -0.25) is 0 Å². The zero-order chi connectivity index (χ0) is 36.7. The van der Waals surface area contributed by atoms with Crippen LogP contribution in [0.15, 0.2) is 201 Å². The highest BCUT2D eigenvalue weighted by Crippen LogP contribution is 2.45. The molecule has 4 heteroatoms. The Labute approximate surface area is 321 Å². The zero-order valence-electron chi connectivity index (χ0n) is 30.1. The molecule has 0 saturated carbocycles. The second kappa shape index (κ2) is 12.0. The van der Waals surface area contributed by atoms with Crippen LogP contribution in [0.1, 0.15) is 0 Å². The van der Waals surface area contributed by atoms with Gasteiger partial charge in [0, 0.05) is 60.2 Å². The van der Waals surface area contributed by atoms with Crippen molar-refractivity contribution < 1.29 is 13.3 Å². The zero-order valence-corrected chi connectivity index (χ0v) is 30.1. The number of para-hydroxylation sites is 4. The van der Waals surface area contributed by atoms with Crippen LogP contribution in [-0.2, 0) is 0 Å². The number of fused-ring (bicyclic) bond motifs is 11. The molecule has 0 aliphatic carbocycles. The minimum absolute atomic E-state index is 0.863. The van der Waals surface area contributed by atoms with Crippen molar-refractivity contribution in [3.63, 3.8) is 0 Å². The molecule has 0 spiro atoms. The van der Waals surface area contributed by atoms with E-state index in [9.17, 15) is 0 Å². The molecule has 262 valence electrons. The second-order valence-corrected chi connectivity index (χ2v) is 14.4. The Morgan fingerprint density at radius 2 is 0.875 bits per heavy atom. The van der Waals surface area contributed by atoms with Crippen molar-refractivity contribution in [2.75, 3.05) is 4.90 Å². The summed E-state index contributed by atoms with van der Waals surface area (Å²) in [5.41, 5.74) is 12.8. The average molecular weight is 718 g/mol. The molecule has 56 heavy (non-hydrogen) atoms. The Bertz CT molecular complexity index is 3490. The summed E-state index contributed by atoms with van der Waals surface area (Å²) >= 11 is 0. The topological polar surface area (TPSA) is 42.7 Å². The van der Waals surface area contributed by atoms with E-state index in [1.54, 1.807) is 0 Å². The Kier molecular flexibility index (Phi) is 6.60. The summed E-state index contributed by atoms with van der Waals surface area (Å²) in [6, 6.07) is 66.2. The van der Waals surface area contributed by atoms with Crippen LogP contribution in [0, 0.1) is 0 Å². The van der Waals surface area contributed by atoms with Gasteiger partial charge in [0.25, 0.3) is 0 Å². The van der Waals surface area contributed by atoms with E-state index in [-0.39, 0.29) is 0 Å². The quantitative estimate of drug-likeness (QED) is 0.178. The first kappa shape index (κ1) is 30.9. The van der Waals surface area contributed by atoms with E-state index in [0.29, 0.717) is 0 Å². The molecule has 12 rings (SSSR count). The van der Waals surface area contributed by atoms with Crippen molar-refractivity contribution >= 4 is 93.7 Å². The molecule has 0 atom stereocenters. The molecule has 0 aliphatic rings. The number of hydrogen-bond acceptors (Lipinski definition) is 4. The van der Waals surface area contributed by atoms with Crippen molar-refractivity contribution in [3.8, 4) is 22.3 Å². The third kappa shape index (κ3) is 4.66. The predicted molar refractivity (Wildman–Crippen MR) is 231 cm³/mol. The van der Waals surface area contributed by atoms with Crippen molar-refractivity contribution in [1.82, 2.24) is 0 Å². The van der Waals surface area contributed by atoms with Gasteiger partial charge >= 0.3 is 0 Å². The van der Waals surface area contributed by atoms with Gasteiger partial charge in [-0.15, -0.1) is 0 Å². The number of furan rings is 3. The van der Waals surface area contributed by atoms with E-state index >= 15 is 0 Å². The molecule has 3 heterocycles. The summed E-state index contributed by atoms with van der Waals surface area (Å²) in [5.74, 6) is 0. The number of rotatable bonds is 5. The van der Waals surface area contributed by atoms with Crippen molar-refractivity contribution in [2.24, 2.45) is 0 Å². The summed E-state index contributed by atoms with van der Waals surface area (Å²) in [5, 5.41) is 8.92. The normalized spacial score (nSPS) is 11.9. The Hall–Kier alpha value is -7.56. The van der Waals surface area contributed by atoms with Crippen molar-refractivity contribution in [1.29, 1.82) is 0 Å². The first-order valence-electron chi connectivity index (χ1n) is 18.9. The largest absolute Gasteiger partial charge is 0.456 e.